The number of carbonyl (C=O) groups excluding carboxylic acids is 7. The van der Waals surface area contributed by atoms with Gasteiger partial charge in [0.05, 0.1) is 11.8 Å². The van der Waals surface area contributed by atoms with Crippen LogP contribution in [0, 0.1) is 0 Å². The Morgan fingerprint density at radius 1 is 0.606 bits per heavy atom. The van der Waals surface area contributed by atoms with Crippen LogP contribution in [0.5, 0.6) is 11.5 Å². The molecule has 5 N–H and O–H groups in total. The van der Waals surface area contributed by atoms with Gasteiger partial charge in [-0.05, 0) is 35.4 Å². The summed E-state index contributed by atoms with van der Waals surface area (Å²) in [4.78, 5) is 102. The van der Waals surface area contributed by atoms with Crippen LogP contribution < -0.4 is 30.7 Å². The molecule has 2 saturated heterocycles. The van der Waals surface area contributed by atoms with Crippen molar-refractivity contribution in [2.24, 2.45) is 0 Å². The van der Waals surface area contributed by atoms with Crippen molar-refractivity contribution in [3.63, 3.8) is 0 Å². The number of hydrogen-bond acceptors (Lipinski definition) is 15. The third-order valence-corrected chi connectivity index (χ3v) is 15.6. The lowest BCUT2D eigenvalue weighted by molar-refractivity contribution is -0.154. The maximum atomic E-state index is 13.9. The molecule has 6 amide bonds. The van der Waals surface area contributed by atoms with Crippen molar-refractivity contribution in [3.8, 4) is 11.5 Å². The quantitative estimate of drug-likeness (QED) is 0.0496. The molecule has 22 heteroatoms. The predicted molar refractivity (Wildman–Crippen MR) is 269 cm³/mol. The van der Waals surface area contributed by atoms with Gasteiger partial charge in [-0.2, -0.15) is 0 Å². The van der Waals surface area contributed by atoms with Crippen LogP contribution in [0.15, 0.2) is 143 Å². The Bertz CT molecular complexity index is 2640. The van der Waals surface area contributed by atoms with Crippen molar-refractivity contribution in [1.82, 2.24) is 31.1 Å². The van der Waals surface area contributed by atoms with Crippen LogP contribution in [0.25, 0.3) is 0 Å². The first kappa shape index (κ1) is 52.0. The number of β-lactam (4-membered cyclic amide) rings is 2. The normalized spacial score (nSPS) is 18.8. The minimum atomic E-state index is -1.22. The Labute approximate surface area is 425 Å². The maximum absolute atomic E-state index is 13.9. The molecule has 4 aliphatic rings. The first-order valence-electron chi connectivity index (χ1n) is 21.9. The van der Waals surface area contributed by atoms with Gasteiger partial charge in [0.2, 0.25) is 11.8 Å². The monoisotopic (exact) mass is 1040 g/mol. The largest absolute Gasteiger partial charge is 0.484 e. The number of ether oxygens (including phenoxy) is 3. The van der Waals surface area contributed by atoms with E-state index in [1.807, 2.05) is 72.8 Å². The van der Waals surface area contributed by atoms with Crippen molar-refractivity contribution < 1.29 is 57.7 Å². The summed E-state index contributed by atoms with van der Waals surface area (Å²) in [6.07, 6.45) is -0.705. The molecule has 4 heterocycles. The maximum Gasteiger partial charge on any atom is 0.356 e. The van der Waals surface area contributed by atoms with Crippen molar-refractivity contribution >= 4 is 94.4 Å². The number of carbonyl (C=O) groups is 8. The minimum absolute atomic E-state index is 0.0971. The lowest BCUT2D eigenvalue weighted by Gasteiger charge is -2.49. The number of amides is 6. The van der Waals surface area contributed by atoms with Gasteiger partial charge in [-0.15, -0.1) is 47.0 Å². The number of nitrogens with zero attached hydrogens (tertiary/aromatic N) is 2. The molecule has 0 aliphatic carbocycles. The molecule has 8 rings (SSSR count). The second kappa shape index (κ2) is 24.8. The Balaban J connectivity index is 0.000000224. The van der Waals surface area contributed by atoms with Gasteiger partial charge in [0.15, 0.2) is 19.3 Å². The van der Waals surface area contributed by atoms with Gasteiger partial charge in [0.1, 0.15) is 45.7 Å². The topological polar surface area (TPSA) is 239 Å². The Hall–Kier alpha value is -6.88. The van der Waals surface area contributed by atoms with Gasteiger partial charge in [-0.25, -0.2) is 9.59 Å². The number of thioether (sulfide) groups is 4. The van der Waals surface area contributed by atoms with E-state index in [1.54, 1.807) is 48.5 Å². The molecule has 0 spiro atoms. The van der Waals surface area contributed by atoms with Crippen molar-refractivity contribution in [2.45, 2.75) is 42.8 Å². The number of carboxylic acids is 1. The molecule has 71 heavy (non-hydrogen) atoms. The van der Waals surface area contributed by atoms with E-state index in [9.17, 15) is 43.5 Å². The fraction of sp³-hybridized carbons (Fsp3) is 0.265. The number of para-hydroxylation sites is 2. The second-order valence-electron chi connectivity index (χ2n) is 15.6. The standard InChI is InChI=1S/C31H29N3O6S2.C18H19N3O6S2/c1-20(35)32-19-42-24-18-41-30-26(33-25(36)17-39-23-15-9-4-10-16-23)29(37)34(30)27(24)31(38)40-28(21-11-5-2-6-12-21)22-13-7-3-8-14-22;1-10(22)19-9-29-12-8-28-17-14(16(24)21(17)15(12)18(25)26)20-13(23)7-27-11-5-3-2-4-6-11/h2-16,26,28,30H,17-19H2,1H3,(H,32,35)(H,33,36);2-6,14,17H,7-9H2,1H3,(H,19,22)(H,20,23)(H,25,26)/t26-,30-;14-,17-/m11/s1. The van der Waals surface area contributed by atoms with E-state index in [-0.39, 0.29) is 48.2 Å². The van der Waals surface area contributed by atoms with Gasteiger partial charge < -0.3 is 40.6 Å². The molecule has 4 atom stereocenters. The SMILES string of the molecule is CC(=O)NCSC1=C(C(=O)O)N2C(=O)[C@@H](NC(=O)COc3ccccc3)[C@H]2SC1.CC(=O)NCSC1=C(C(=O)OC(c2ccccc2)c2ccccc2)N2C(=O)[C@@H](NC(=O)COc3ccccc3)[C@H]2SC1. The van der Waals surface area contributed by atoms with Gasteiger partial charge in [0, 0.05) is 35.2 Å². The average molecular weight is 1040 g/mol. The fourth-order valence-corrected chi connectivity index (χ4v) is 12.4. The number of esters is 1. The fourth-order valence-electron chi connectivity index (χ4n) is 7.35. The number of nitrogens with one attached hydrogen (secondary N) is 4. The highest BCUT2D eigenvalue weighted by Crippen LogP contribution is 2.45. The Kier molecular flexibility index (Phi) is 18.1. The molecular weight excluding hydrogens is 993 g/mol. The molecule has 0 saturated carbocycles. The number of hydrogen-bond donors (Lipinski definition) is 5. The van der Waals surface area contributed by atoms with Crippen LogP contribution in [0.3, 0.4) is 0 Å². The summed E-state index contributed by atoms with van der Waals surface area (Å²) in [6, 6.07) is 34.9. The molecule has 0 unspecified atom stereocenters. The van der Waals surface area contributed by atoms with Crippen LogP contribution >= 0.6 is 47.0 Å². The number of fused-ring (bicyclic) bond motifs is 2. The van der Waals surface area contributed by atoms with Gasteiger partial charge in [-0.1, -0.05) is 97.1 Å². The molecule has 370 valence electrons. The summed E-state index contributed by atoms with van der Waals surface area (Å²) >= 11 is 5.23. The highest BCUT2D eigenvalue weighted by atomic mass is 32.2. The van der Waals surface area contributed by atoms with Crippen molar-refractivity contribution in [2.75, 3.05) is 36.5 Å². The number of aliphatic carboxylic acids is 1. The molecule has 0 radical (unpaired) electrons. The third kappa shape index (κ3) is 13.3. The molecule has 2 fully saturated rings. The second-order valence-corrected chi connectivity index (χ2v) is 20.0. The van der Waals surface area contributed by atoms with E-state index in [0.717, 1.165) is 11.1 Å². The van der Waals surface area contributed by atoms with E-state index >= 15 is 0 Å². The van der Waals surface area contributed by atoms with E-state index in [0.29, 0.717) is 32.8 Å². The third-order valence-electron chi connectivity index (χ3n) is 10.7. The van der Waals surface area contributed by atoms with Gasteiger partial charge in [-0.3, -0.25) is 38.6 Å². The van der Waals surface area contributed by atoms with Crippen LogP contribution in [0.2, 0.25) is 0 Å². The number of rotatable bonds is 19. The first-order valence-corrected chi connectivity index (χ1v) is 26.0. The summed E-state index contributed by atoms with van der Waals surface area (Å²) < 4.78 is 17.0. The van der Waals surface area contributed by atoms with E-state index in [1.165, 1.54) is 70.7 Å². The number of benzene rings is 4. The molecule has 4 aromatic carbocycles. The highest BCUT2D eigenvalue weighted by Gasteiger charge is 2.56. The van der Waals surface area contributed by atoms with Crippen LogP contribution in [-0.4, -0.2) is 122 Å². The molecule has 4 aromatic rings. The Morgan fingerprint density at radius 3 is 1.38 bits per heavy atom. The van der Waals surface area contributed by atoms with Crippen molar-refractivity contribution in [3.05, 3.63) is 154 Å². The molecule has 18 nitrogen and oxygen atoms in total. The highest BCUT2D eigenvalue weighted by molar-refractivity contribution is 8.06. The summed E-state index contributed by atoms with van der Waals surface area (Å²) in [5.74, 6) is -1.81. The lowest BCUT2D eigenvalue weighted by Crippen LogP contribution is -2.70. The molecular formula is C49H48N6O12S4. The summed E-state index contributed by atoms with van der Waals surface area (Å²) in [6.45, 7) is 2.29. The number of carboxylic acid groups (broad SMARTS) is 1. The van der Waals surface area contributed by atoms with Crippen molar-refractivity contribution in [1.29, 1.82) is 0 Å². The zero-order valence-electron chi connectivity index (χ0n) is 38.1. The lowest BCUT2D eigenvalue weighted by atomic mass is 10.0. The molecule has 0 bridgehead atoms. The smallest absolute Gasteiger partial charge is 0.356 e. The molecule has 0 aromatic heterocycles. The summed E-state index contributed by atoms with van der Waals surface area (Å²) in [5, 5.41) is 19.3. The zero-order chi connectivity index (χ0) is 50.4. The predicted octanol–water partition coefficient (Wildman–Crippen LogP) is 4.42. The van der Waals surface area contributed by atoms with Crippen LogP contribution in [0.4, 0.5) is 0 Å². The average Bonchev–Trinajstić information content (AvgIpc) is 3.38. The Morgan fingerprint density at radius 2 is 0.986 bits per heavy atom. The first-order chi connectivity index (χ1) is 34.3. The summed E-state index contributed by atoms with van der Waals surface area (Å²) in [7, 11) is 0. The van der Waals surface area contributed by atoms with E-state index < -0.39 is 64.5 Å². The molecule has 4 aliphatic heterocycles. The summed E-state index contributed by atoms with van der Waals surface area (Å²) in [5.41, 5.74) is 1.60. The van der Waals surface area contributed by atoms with Gasteiger partial charge in [0.25, 0.3) is 23.6 Å². The van der Waals surface area contributed by atoms with E-state index in [2.05, 4.69) is 21.3 Å². The minimum Gasteiger partial charge on any atom is -0.484 e. The van der Waals surface area contributed by atoms with Crippen LogP contribution in [0.1, 0.15) is 31.1 Å². The zero-order valence-corrected chi connectivity index (χ0v) is 41.4. The van der Waals surface area contributed by atoms with E-state index in [4.69, 9.17) is 14.2 Å². The van der Waals surface area contributed by atoms with Crippen LogP contribution in [-0.2, 0) is 43.1 Å². The van der Waals surface area contributed by atoms with Gasteiger partial charge >= 0.3 is 11.9 Å².